The fraction of sp³-hybridized carbons (Fsp3) is 1.00. The summed E-state index contributed by atoms with van der Waals surface area (Å²) in [5.74, 6) is 0. The van der Waals surface area contributed by atoms with E-state index in [1.54, 1.807) is 7.11 Å². The summed E-state index contributed by atoms with van der Waals surface area (Å²) in [5.41, 5.74) is -0.0758. The Bertz CT molecular complexity index is 218. The van der Waals surface area contributed by atoms with Crippen LogP contribution in [0.1, 0.15) is 48.0 Å². The number of hydrogen-bond acceptors (Lipinski definition) is 4. The van der Waals surface area contributed by atoms with E-state index in [0.29, 0.717) is 19.8 Å². The van der Waals surface area contributed by atoms with E-state index in [0.717, 1.165) is 6.42 Å². The van der Waals surface area contributed by atoms with Gasteiger partial charge in [-0.2, -0.15) is 0 Å². The molecule has 116 valence electrons. The standard InChI is InChI=1S/C15H32O4/c1-8-15(5,6)19-11-14(4)18-10-13(3)17-9-12(2)16-7/h12-14H,8-11H2,1-7H3. The van der Waals surface area contributed by atoms with Gasteiger partial charge in [0.25, 0.3) is 0 Å². The van der Waals surface area contributed by atoms with Gasteiger partial charge in [0.05, 0.1) is 43.7 Å². The van der Waals surface area contributed by atoms with Crippen LogP contribution in [0.3, 0.4) is 0 Å². The molecule has 0 aliphatic carbocycles. The first-order chi connectivity index (χ1) is 8.80. The Morgan fingerprint density at radius 3 is 1.79 bits per heavy atom. The maximum absolute atomic E-state index is 5.80. The van der Waals surface area contributed by atoms with Crippen molar-refractivity contribution >= 4 is 0 Å². The molecule has 0 amide bonds. The minimum atomic E-state index is -0.0758. The lowest BCUT2D eigenvalue weighted by Gasteiger charge is -2.26. The van der Waals surface area contributed by atoms with Gasteiger partial charge < -0.3 is 18.9 Å². The average Bonchev–Trinajstić information content (AvgIpc) is 2.40. The maximum Gasteiger partial charge on any atom is 0.0782 e. The smallest absolute Gasteiger partial charge is 0.0782 e. The minimum absolute atomic E-state index is 0.0687. The van der Waals surface area contributed by atoms with Crippen LogP contribution in [-0.4, -0.2) is 50.8 Å². The van der Waals surface area contributed by atoms with E-state index < -0.39 is 0 Å². The average molecular weight is 276 g/mol. The highest BCUT2D eigenvalue weighted by Gasteiger charge is 2.17. The zero-order valence-electron chi connectivity index (χ0n) is 13.7. The van der Waals surface area contributed by atoms with E-state index in [1.807, 2.05) is 20.8 Å². The Morgan fingerprint density at radius 2 is 1.32 bits per heavy atom. The summed E-state index contributed by atoms with van der Waals surface area (Å²) in [5, 5.41) is 0. The normalized spacial score (nSPS) is 17.2. The fourth-order valence-electron chi connectivity index (χ4n) is 1.21. The predicted molar refractivity (Wildman–Crippen MR) is 77.6 cm³/mol. The van der Waals surface area contributed by atoms with Crippen molar-refractivity contribution in [1.29, 1.82) is 0 Å². The summed E-state index contributed by atoms with van der Waals surface area (Å²) < 4.78 is 22.3. The molecule has 0 spiro atoms. The SMILES string of the molecule is CCC(C)(C)OCC(C)OCC(C)OCC(C)OC. The molecule has 0 saturated carbocycles. The molecular formula is C15H32O4. The summed E-state index contributed by atoms with van der Waals surface area (Å²) >= 11 is 0. The summed E-state index contributed by atoms with van der Waals surface area (Å²) in [6, 6.07) is 0. The lowest BCUT2D eigenvalue weighted by Crippen LogP contribution is -2.30. The molecule has 3 atom stereocenters. The first kappa shape index (κ1) is 18.8. The third-order valence-electron chi connectivity index (χ3n) is 3.19. The highest BCUT2D eigenvalue weighted by molar-refractivity contribution is 4.66. The topological polar surface area (TPSA) is 36.9 Å². The third kappa shape index (κ3) is 10.3. The van der Waals surface area contributed by atoms with Crippen molar-refractivity contribution in [2.24, 2.45) is 0 Å². The lowest BCUT2D eigenvalue weighted by molar-refractivity contribution is -0.100. The molecule has 0 aromatic heterocycles. The zero-order chi connectivity index (χ0) is 14.9. The van der Waals surface area contributed by atoms with Gasteiger partial charge in [0.1, 0.15) is 0 Å². The van der Waals surface area contributed by atoms with Gasteiger partial charge in [-0.15, -0.1) is 0 Å². The highest BCUT2D eigenvalue weighted by Crippen LogP contribution is 2.14. The number of ether oxygens (including phenoxy) is 4. The van der Waals surface area contributed by atoms with Crippen LogP contribution in [-0.2, 0) is 18.9 Å². The first-order valence-corrected chi connectivity index (χ1v) is 7.20. The van der Waals surface area contributed by atoms with Crippen LogP contribution in [0.15, 0.2) is 0 Å². The van der Waals surface area contributed by atoms with Gasteiger partial charge in [-0.1, -0.05) is 6.92 Å². The highest BCUT2D eigenvalue weighted by atomic mass is 16.6. The second-order valence-corrected chi connectivity index (χ2v) is 5.76. The summed E-state index contributed by atoms with van der Waals surface area (Å²) in [7, 11) is 1.68. The summed E-state index contributed by atoms with van der Waals surface area (Å²) in [4.78, 5) is 0. The molecular weight excluding hydrogens is 244 g/mol. The van der Waals surface area contributed by atoms with E-state index in [-0.39, 0.29) is 23.9 Å². The molecule has 0 N–H and O–H groups in total. The molecule has 0 bridgehead atoms. The molecule has 0 aromatic carbocycles. The number of methoxy groups -OCH3 is 1. The van der Waals surface area contributed by atoms with Crippen LogP contribution in [0.5, 0.6) is 0 Å². The van der Waals surface area contributed by atoms with E-state index in [9.17, 15) is 0 Å². The molecule has 4 heteroatoms. The number of hydrogen-bond donors (Lipinski definition) is 0. The lowest BCUT2D eigenvalue weighted by atomic mass is 10.1. The van der Waals surface area contributed by atoms with Crippen LogP contribution < -0.4 is 0 Å². The van der Waals surface area contributed by atoms with Crippen molar-refractivity contribution in [2.75, 3.05) is 26.9 Å². The van der Waals surface area contributed by atoms with Crippen molar-refractivity contribution < 1.29 is 18.9 Å². The molecule has 0 fully saturated rings. The molecule has 3 unspecified atom stereocenters. The van der Waals surface area contributed by atoms with Gasteiger partial charge in [-0.3, -0.25) is 0 Å². The molecule has 0 aliphatic rings. The zero-order valence-corrected chi connectivity index (χ0v) is 13.7. The Balaban J connectivity index is 3.69. The molecule has 0 rings (SSSR count). The third-order valence-corrected chi connectivity index (χ3v) is 3.19. The molecule has 0 aromatic rings. The molecule has 19 heavy (non-hydrogen) atoms. The monoisotopic (exact) mass is 276 g/mol. The Kier molecular flexibility index (Phi) is 9.62. The maximum atomic E-state index is 5.80. The second kappa shape index (κ2) is 9.70. The summed E-state index contributed by atoms with van der Waals surface area (Å²) in [6.45, 7) is 14.1. The van der Waals surface area contributed by atoms with Gasteiger partial charge in [0, 0.05) is 7.11 Å². The van der Waals surface area contributed by atoms with Gasteiger partial charge in [-0.05, 0) is 41.0 Å². The molecule has 0 radical (unpaired) electrons. The first-order valence-electron chi connectivity index (χ1n) is 7.20. The van der Waals surface area contributed by atoms with Crippen LogP contribution in [0.2, 0.25) is 0 Å². The Morgan fingerprint density at radius 1 is 0.842 bits per heavy atom. The Hall–Kier alpha value is -0.160. The Labute approximate surface area is 118 Å². The predicted octanol–water partition coefficient (Wildman–Crippen LogP) is 3.04. The largest absolute Gasteiger partial charge is 0.379 e. The van der Waals surface area contributed by atoms with Crippen molar-refractivity contribution in [3.63, 3.8) is 0 Å². The van der Waals surface area contributed by atoms with Gasteiger partial charge in [-0.25, -0.2) is 0 Å². The van der Waals surface area contributed by atoms with Crippen LogP contribution in [0.25, 0.3) is 0 Å². The van der Waals surface area contributed by atoms with E-state index in [4.69, 9.17) is 18.9 Å². The van der Waals surface area contributed by atoms with E-state index in [2.05, 4.69) is 20.8 Å². The van der Waals surface area contributed by atoms with E-state index >= 15 is 0 Å². The van der Waals surface area contributed by atoms with E-state index in [1.165, 1.54) is 0 Å². The van der Waals surface area contributed by atoms with Crippen molar-refractivity contribution in [1.82, 2.24) is 0 Å². The van der Waals surface area contributed by atoms with Crippen LogP contribution >= 0.6 is 0 Å². The molecule has 0 aliphatic heterocycles. The van der Waals surface area contributed by atoms with Crippen LogP contribution in [0.4, 0.5) is 0 Å². The van der Waals surface area contributed by atoms with Gasteiger partial charge in [0.2, 0.25) is 0 Å². The van der Waals surface area contributed by atoms with Crippen LogP contribution in [0, 0.1) is 0 Å². The number of rotatable bonds is 11. The minimum Gasteiger partial charge on any atom is -0.379 e. The quantitative estimate of drug-likeness (QED) is 0.581. The molecule has 4 nitrogen and oxygen atoms in total. The molecule has 0 saturated heterocycles. The molecule has 0 heterocycles. The fourth-order valence-corrected chi connectivity index (χ4v) is 1.21. The van der Waals surface area contributed by atoms with Gasteiger partial charge >= 0.3 is 0 Å². The van der Waals surface area contributed by atoms with Crippen molar-refractivity contribution in [3.8, 4) is 0 Å². The van der Waals surface area contributed by atoms with Gasteiger partial charge in [0.15, 0.2) is 0 Å². The summed E-state index contributed by atoms with van der Waals surface area (Å²) in [6.07, 6.45) is 1.26. The van der Waals surface area contributed by atoms with Crippen molar-refractivity contribution in [2.45, 2.75) is 71.9 Å². The second-order valence-electron chi connectivity index (χ2n) is 5.76. The van der Waals surface area contributed by atoms with Crippen molar-refractivity contribution in [3.05, 3.63) is 0 Å².